The highest BCUT2D eigenvalue weighted by Crippen LogP contribution is 2.01. The number of carbonyl (C=O) groups excluding carboxylic acids is 1. The van der Waals surface area contributed by atoms with Gasteiger partial charge in [-0.2, -0.15) is 4.68 Å². The first kappa shape index (κ1) is 12.0. The number of esters is 1. The maximum absolute atomic E-state index is 11.2. The second-order valence-corrected chi connectivity index (χ2v) is 3.55. The molecule has 18 heavy (non-hydrogen) atoms. The van der Waals surface area contributed by atoms with Crippen molar-refractivity contribution in [2.75, 3.05) is 7.11 Å². The standard InChI is InChI=1S/C9H8N6O2S/c1-17-8(16)7-12-4-15(14-7)9-11-3-2-5(13-9)6(10)18/h2-4H,1H3,(H2,10,18). The van der Waals surface area contributed by atoms with Gasteiger partial charge in [-0.25, -0.2) is 19.7 Å². The number of hydrogen-bond acceptors (Lipinski definition) is 7. The number of carbonyl (C=O) groups is 1. The molecule has 0 bridgehead atoms. The van der Waals surface area contributed by atoms with E-state index < -0.39 is 5.97 Å². The van der Waals surface area contributed by atoms with Crippen LogP contribution in [0, 0.1) is 0 Å². The van der Waals surface area contributed by atoms with E-state index in [-0.39, 0.29) is 16.8 Å². The van der Waals surface area contributed by atoms with Gasteiger partial charge < -0.3 is 10.5 Å². The van der Waals surface area contributed by atoms with Gasteiger partial charge in [-0.3, -0.25) is 0 Å². The van der Waals surface area contributed by atoms with Crippen LogP contribution >= 0.6 is 12.2 Å². The Kier molecular flexibility index (Phi) is 3.24. The molecule has 2 heterocycles. The van der Waals surface area contributed by atoms with Gasteiger partial charge in [0.2, 0.25) is 0 Å². The Balaban J connectivity index is 2.37. The number of hydrogen-bond donors (Lipinski definition) is 1. The fourth-order valence-corrected chi connectivity index (χ4v) is 1.25. The van der Waals surface area contributed by atoms with Crippen molar-refractivity contribution < 1.29 is 9.53 Å². The van der Waals surface area contributed by atoms with Gasteiger partial charge in [0.25, 0.3) is 11.8 Å². The Bertz CT molecular complexity index is 611. The topological polar surface area (TPSA) is 109 Å². The van der Waals surface area contributed by atoms with Gasteiger partial charge in [0.1, 0.15) is 17.0 Å². The summed E-state index contributed by atoms with van der Waals surface area (Å²) in [5, 5.41) is 3.87. The maximum Gasteiger partial charge on any atom is 0.377 e. The summed E-state index contributed by atoms with van der Waals surface area (Å²) >= 11 is 4.81. The van der Waals surface area contributed by atoms with Crippen LogP contribution in [0.4, 0.5) is 0 Å². The number of ether oxygens (including phenoxy) is 1. The Labute approximate surface area is 107 Å². The largest absolute Gasteiger partial charge is 0.463 e. The van der Waals surface area contributed by atoms with Gasteiger partial charge in [0.15, 0.2) is 0 Å². The molecule has 0 amide bonds. The van der Waals surface area contributed by atoms with E-state index in [0.717, 1.165) is 0 Å². The van der Waals surface area contributed by atoms with E-state index in [1.807, 2.05) is 0 Å². The lowest BCUT2D eigenvalue weighted by Crippen LogP contribution is -2.14. The first-order valence-electron chi connectivity index (χ1n) is 4.75. The van der Waals surface area contributed by atoms with E-state index in [0.29, 0.717) is 5.69 Å². The Morgan fingerprint density at radius 3 is 2.94 bits per heavy atom. The molecule has 0 fully saturated rings. The van der Waals surface area contributed by atoms with Crippen molar-refractivity contribution in [2.24, 2.45) is 5.73 Å². The molecule has 0 saturated heterocycles. The minimum Gasteiger partial charge on any atom is -0.463 e. The summed E-state index contributed by atoms with van der Waals surface area (Å²) in [7, 11) is 1.24. The molecule has 8 nitrogen and oxygen atoms in total. The van der Waals surface area contributed by atoms with Gasteiger partial charge in [0, 0.05) is 6.20 Å². The molecule has 0 aliphatic carbocycles. The molecule has 0 aliphatic heterocycles. The molecule has 0 aliphatic rings. The number of methoxy groups -OCH3 is 1. The van der Waals surface area contributed by atoms with Crippen LogP contribution < -0.4 is 5.73 Å². The van der Waals surface area contributed by atoms with Crippen LogP contribution in [0.5, 0.6) is 0 Å². The summed E-state index contributed by atoms with van der Waals surface area (Å²) in [5.74, 6) is -0.510. The third-order valence-electron chi connectivity index (χ3n) is 1.96. The molecule has 0 saturated carbocycles. The fraction of sp³-hybridized carbons (Fsp3) is 0.111. The van der Waals surface area contributed by atoms with E-state index in [4.69, 9.17) is 18.0 Å². The highest BCUT2D eigenvalue weighted by atomic mass is 32.1. The van der Waals surface area contributed by atoms with E-state index in [1.165, 1.54) is 24.3 Å². The van der Waals surface area contributed by atoms with Crippen molar-refractivity contribution in [1.82, 2.24) is 24.7 Å². The van der Waals surface area contributed by atoms with Crippen LogP contribution in [-0.4, -0.2) is 42.8 Å². The van der Waals surface area contributed by atoms with Crippen LogP contribution in [0.2, 0.25) is 0 Å². The van der Waals surface area contributed by atoms with Crippen molar-refractivity contribution in [3.05, 3.63) is 30.1 Å². The van der Waals surface area contributed by atoms with E-state index in [9.17, 15) is 4.79 Å². The third kappa shape index (κ3) is 2.30. The van der Waals surface area contributed by atoms with Gasteiger partial charge in [-0.05, 0) is 6.07 Å². The Morgan fingerprint density at radius 1 is 1.50 bits per heavy atom. The summed E-state index contributed by atoms with van der Waals surface area (Å²) in [5.41, 5.74) is 5.86. The number of nitrogens with two attached hydrogens (primary N) is 1. The first-order chi connectivity index (χ1) is 8.61. The van der Waals surface area contributed by atoms with E-state index in [2.05, 4.69) is 24.8 Å². The van der Waals surface area contributed by atoms with Gasteiger partial charge in [0.05, 0.1) is 7.11 Å². The zero-order valence-electron chi connectivity index (χ0n) is 9.27. The first-order valence-corrected chi connectivity index (χ1v) is 5.16. The fourth-order valence-electron chi connectivity index (χ4n) is 1.14. The number of thiocarbonyl (C=S) groups is 1. The average molecular weight is 264 g/mol. The summed E-state index contributed by atoms with van der Waals surface area (Å²) in [6, 6.07) is 1.57. The molecule has 2 aromatic rings. The molecular formula is C9H8N6O2S. The van der Waals surface area contributed by atoms with Crippen molar-refractivity contribution in [3.8, 4) is 5.95 Å². The molecule has 0 aromatic carbocycles. The minimum absolute atomic E-state index is 0.0816. The summed E-state index contributed by atoms with van der Waals surface area (Å²) in [4.78, 5) is 23.2. The molecule has 92 valence electrons. The molecule has 2 N–H and O–H groups in total. The zero-order chi connectivity index (χ0) is 13.1. The average Bonchev–Trinajstić information content (AvgIpc) is 2.87. The smallest absolute Gasteiger partial charge is 0.377 e. The predicted octanol–water partition coefficient (Wildman–Crippen LogP) is -0.522. The normalized spacial score (nSPS) is 10.1. The quantitative estimate of drug-likeness (QED) is 0.582. The number of aromatic nitrogens is 5. The second-order valence-electron chi connectivity index (χ2n) is 3.11. The van der Waals surface area contributed by atoms with Crippen molar-refractivity contribution in [3.63, 3.8) is 0 Å². The van der Waals surface area contributed by atoms with Crippen LogP contribution in [0.3, 0.4) is 0 Å². The molecule has 2 rings (SSSR count). The second kappa shape index (κ2) is 4.84. The predicted molar refractivity (Wildman–Crippen MR) is 64.2 cm³/mol. The lowest BCUT2D eigenvalue weighted by Gasteiger charge is -2.00. The zero-order valence-corrected chi connectivity index (χ0v) is 10.1. The molecule has 0 spiro atoms. The Hall–Kier alpha value is -2.42. The monoisotopic (exact) mass is 264 g/mol. The molecule has 0 unspecified atom stereocenters. The lowest BCUT2D eigenvalue weighted by atomic mass is 10.4. The maximum atomic E-state index is 11.2. The summed E-state index contributed by atoms with van der Waals surface area (Å²) in [6.45, 7) is 0. The van der Waals surface area contributed by atoms with Crippen LogP contribution in [-0.2, 0) is 4.74 Å². The minimum atomic E-state index is -0.640. The van der Waals surface area contributed by atoms with E-state index in [1.54, 1.807) is 6.07 Å². The van der Waals surface area contributed by atoms with Gasteiger partial charge in [-0.1, -0.05) is 12.2 Å². The highest BCUT2D eigenvalue weighted by Gasteiger charge is 2.13. The third-order valence-corrected chi connectivity index (χ3v) is 2.17. The van der Waals surface area contributed by atoms with Crippen LogP contribution in [0.25, 0.3) is 5.95 Å². The molecular weight excluding hydrogens is 256 g/mol. The van der Waals surface area contributed by atoms with Gasteiger partial charge in [-0.15, -0.1) is 5.10 Å². The van der Waals surface area contributed by atoms with Crippen molar-refractivity contribution in [1.29, 1.82) is 0 Å². The van der Waals surface area contributed by atoms with Crippen LogP contribution in [0.15, 0.2) is 18.6 Å². The van der Waals surface area contributed by atoms with Gasteiger partial charge >= 0.3 is 5.97 Å². The molecule has 0 atom stereocenters. The molecule has 0 radical (unpaired) electrons. The summed E-state index contributed by atoms with van der Waals surface area (Å²) in [6.07, 6.45) is 2.78. The Morgan fingerprint density at radius 2 is 2.28 bits per heavy atom. The molecule has 9 heteroatoms. The lowest BCUT2D eigenvalue weighted by molar-refractivity contribution is 0.0587. The molecule has 2 aromatic heterocycles. The van der Waals surface area contributed by atoms with Crippen LogP contribution in [0.1, 0.15) is 16.3 Å². The number of nitrogens with zero attached hydrogens (tertiary/aromatic N) is 5. The highest BCUT2D eigenvalue weighted by molar-refractivity contribution is 7.80. The summed E-state index contributed by atoms with van der Waals surface area (Å²) < 4.78 is 5.72. The SMILES string of the molecule is COC(=O)c1ncn(-c2nccc(C(N)=S)n2)n1. The van der Waals surface area contributed by atoms with Crippen molar-refractivity contribution >= 4 is 23.2 Å². The van der Waals surface area contributed by atoms with Crippen molar-refractivity contribution in [2.45, 2.75) is 0 Å². The number of rotatable bonds is 3. The van der Waals surface area contributed by atoms with E-state index >= 15 is 0 Å².